The fourth-order valence-corrected chi connectivity index (χ4v) is 4.81. The number of nitrogens with zero attached hydrogens (tertiary/aromatic N) is 2. The van der Waals surface area contributed by atoms with E-state index in [0.29, 0.717) is 5.84 Å². The molecule has 1 aliphatic heterocycles. The summed E-state index contributed by atoms with van der Waals surface area (Å²) in [7, 11) is 0. The first-order valence-corrected chi connectivity index (χ1v) is 11.7. The molecule has 0 aliphatic carbocycles. The summed E-state index contributed by atoms with van der Waals surface area (Å²) < 4.78 is 6.30. The number of nitrogens with one attached hydrogen (secondary N) is 1. The normalized spacial score (nSPS) is 15.7. The second-order valence-electron chi connectivity index (χ2n) is 8.71. The van der Waals surface area contributed by atoms with Gasteiger partial charge in [-0.15, -0.1) is 0 Å². The van der Waals surface area contributed by atoms with Gasteiger partial charge >= 0.3 is 0 Å². The van der Waals surface area contributed by atoms with Crippen LogP contribution >= 0.6 is 0 Å². The molecule has 1 aliphatic rings. The van der Waals surface area contributed by atoms with Gasteiger partial charge in [0.25, 0.3) is 0 Å². The van der Waals surface area contributed by atoms with Gasteiger partial charge in [-0.3, -0.25) is 0 Å². The van der Waals surface area contributed by atoms with Crippen LogP contribution in [0.3, 0.4) is 0 Å². The van der Waals surface area contributed by atoms with Crippen LogP contribution in [0.4, 0.5) is 0 Å². The molecular formula is C31H21N3O. The van der Waals surface area contributed by atoms with Gasteiger partial charge in [-0.05, 0) is 34.5 Å². The number of furan rings is 1. The lowest BCUT2D eigenvalue weighted by molar-refractivity contribution is 0.666. The van der Waals surface area contributed by atoms with Crippen LogP contribution in [0.1, 0.15) is 22.9 Å². The molecule has 6 aromatic rings. The fourth-order valence-electron chi connectivity index (χ4n) is 4.81. The van der Waals surface area contributed by atoms with Crippen LogP contribution in [-0.4, -0.2) is 11.7 Å². The minimum atomic E-state index is -0.228. The van der Waals surface area contributed by atoms with Crippen molar-refractivity contribution in [3.8, 4) is 0 Å². The third-order valence-electron chi connectivity index (χ3n) is 6.52. The van der Waals surface area contributed by atoms with Crippen LogP contribution in [0.5, 0.6) is 0 Å². The molecule has 1 atom stereocenters. The lowest BCUT2D eigenvalue weighted by Crippen LogP contribution is -2.33. The smallest absolute Gasteiger partial charge is 0.159 e. The predicted molar refractivity (Wildman–Crippen MR) is 143 cm³/mol. The molecule has 4 heteroatoms. The first kappa shape index (κ1) is 19.7. The van der Waals surface area contributed by atoms with Crippen LogP contribution < -0.4 is 5.32 Å². The Morgan fingerprint density at radius 3 is 2.26 bits per heavy atom. The minimum Gasteiger partial charge on any atom is -0.456 e. The second kappa shape index (κ2) is 7.96. The second-order valence-corrected chi connectivity index (χ2v) is 8.71. The molecule has 0 bridgehead atoms. The highest BCUT2D eigenvalue weighted by molar-refractivity contribution is 6.20. The van der Waals surface area contributed by atoms with Crippen molar-refractivity contribution in [1.82, 2.24) is 5.32 Å². The zero-order valence-corrected chi connectivity index (χ0v) is 18.8. The maximum Gasteiger partial charge on any atom is 0.159 e. The molecule has 0 spiro atoms. The summed E-state index contributed by atoms with van der Waals surface area (Å²) in [5.41, 5.74) is 4.78. The maximum absolute atomic E-state index is 6.30. The van der Waals surface area contributed by atoms with Crippen LogP contribution in [0.25, 0.3) is 32.7 Å². The molecule has 4 nitrogen and oxygen atoms in total. The number of hydrogen-bond donors (Lipinski definition) is 1. The van der Waals surface area contributed by atoms with Crippen molar-refractivity contribution in [1.29, 1.82) is 0 Å². The van der Waals surface area contributed by atoms with E-state index >= 15 is 0 Å². The van der Waals surface area contributed by atoms with E-state index in [1.165, 1.54) is 10.8 Å². The number of hydrogen-bond acceptors (Lipinski definition) is 4. The van der Waals surface area contributed by atoms with E-state index in [-0.39, 0.29) is 6.17 Å². The lowest BCUT2D eigenvalue weighted by atomic mass is 10.0. The van der Waals surface area contributed by atoms with Gasteiger partial charge in [0, 0.05) is 21.9 Å². The molecule has 166 valence electrons. The van der Waals surface area contributed by atoms with Gasteiger partial charge in [0.15, 0.2) is 5.84 Å². The molecule has 0 saturated heterocycles. The molecular weight excluding hydrogens is 430 g/mol. The van der Waals surface area contributed by atoms with E-state index in [4.69, 9.17) is 14.4 Å². The number of fused-ring (bicyclic) bond motifs is 5. The third-order valence-corrected chi connectivity index (χ3v) is 6.52. The average molecular weight is 452 g/mol. The summed E-state index contributed by atoms with van der Waals surface area (Å²) in [4.78, 5) is 9.85. The Morgan fingerprint density at radius 1 is 0.629 bits per heavy atom. The summed E-state index contributed by atoms with van der Waals surface area (Å²) >= 11 is 0. The minimum absolute atomic E-state index is 0.228. The summed E-state index contributed by atoms with van der Waals surface area (Å²) in [6, 6.07) is 39.3. The van der Waals surface area contributed by atoms with Crippen molar-refractivity contribution < 1.29 is 4.42 Å². The number of aliphatic imine (C=N–C) groups is 2. The van der Waals surface area contributed by atoms with Gasteiger partial charge < -0.3 is 9.73 Å². The van der Waals surface area contributed by atoms with E-state index in [2.05, 4.69) is 72.0 Å². The van der Waals surface area contributed by atoms with Crippen molar-refractivity contribution >= 4 is 44.4 Å². The van der Waals surface area contributed by atoms with Gasteiger partial charge in [-0.2, -0.15) is 0 Å². The van der Waals surface area contributed by atoms with Crippen molar-refractivity contribution in [3.05, 3.63) is 132 Å². The Kier molecular flexibility index (Phi) is 4.49. The highest BCUT2D eigenvalue weighted by Gasteiger charge is 2.21. The van der Waals surface area contributed by atoms with Gasteiger partial charge in [0.2, 0.25) is 0 Å². The van der Waals surface area contributed by atoms with Gasteiger partial charge in [0.05, 0.1) is 0 Å². The topological polar surface area (TPSA) is 49.9 Å². The Labute approximate surface area is 202 Å². The summed E-state index contributed by atoms with van der Waals surface area (Å²) in [6.07, 6.45) is -0.228. The monoisotopic (exact) mass is 451 g/mol. The average Bonchev–Trinajstić information content (AvgIpc) is 3.32. The van der Waals surface area contributed by atoms with Crippen LogP contribution in [0, 0.1) is 0 Å². The quantitative estimate of drug-likeness (QED) is 0.308. The molecule has 2 heterocycles. The summed E-state index contributed by atoms with van der Waals surface area (Å²) in [5, 5.41) is 8.20. The fraction of sp³-hybridized carbons (Fsp3) is 0.0323. The van der Waals surface area contributed by atoms with E-state index in [9.17, 15) is 0 Å². The Hall–Kier alpha value is -4.70. The molecule has 0 radical (unpaired) electrons. The lowest BCUT2D eigenvalue weighted by Gasteiger charge is -2.23. The van der Waals surface area contributed by atoms with E-state index in [1.807, 2.05) is 48.5 Å². The molecule has 7 rings (SSSR count). The largest absolute Gasteiger partial charge is 0.456 e. The summed E-state index contributed by atoms with van der Waals surface area (Å²) in [5.74, 6) is 1.49. The van der Waals surface area contributed by atoms with Crippen molar-refractivity contribution in [2.75, 3.05) is 0 Å². The molecule has 5 aromatic carbocycles. The first-order valence-electron chi connectivity index (χ1n) is 11.7. The highest BCUT2D eigenvalue weighted by atomic mass is 16.3. The number of benzene rings is 5. The molecule has 1 aromatic heterocycles. The van der Waals surface area contributed by atoms with Crippen molar-refractivity contribution in [2.24, 2.45) is 9.98 Å². The Balaban J connectivity index is 1.37. The predicted octanol–water partition coefficient (Wildman–Crippen LogP) is 7.23. The van der Waals surface area contributed by atoms with Gasteiger partial charge in [0.1, 0.15) is 23.2 Å². The number of amidine groups is 2. The van der Waals surface area contributed by atoms with E-state index in [0.717, 1.165) is 44.5 Å². The third kappa shape index (κ3) is 3.39. The molecule has 0 fully saturated rings. The molecule has 1 N–H and O–H groups in total. The van der Waals surface area contributed by atoms with Crippen LogP contribution in [0.2, 0.25) is 0 Å². The van der Waals surface area contributed by atoms with Crippen LogP contribution in [-0.2, 0) is 0 Å². The van der Waals surface area contributed by atoms with Gasteiger partial charge in [-0.25, -0.2) is 9.98 Å². The Bertz CT molecular complexity index is 1770. The standard InChI is InChI=1S/C31H21N3O/c1-3-10-21(11-4-1)29-32-30(22-12-5-2-6-13-22)34-31(33-29)23-15-17-25-27(19-23)35-26-18-16-20-9-7-8-14-24(20)28(25)26/h1-19,29H,(H,32,33,34). The van der Waals surface area contributed by atoms with Crippen molar-refractivity contribution in [2.45, 2.75) is 6.17 Å². The molecule has 0 saturated carbocycles. The molecule has 0 amide bonds. The summed E-state index contributed by atoms with van der Waals surface area (Å²) in [6.45, 7) is 0. The molecule has 1 unspecified atom stereocenters. The number of rotatable bonds is 3. The maximum atomic E-state index is 6.30. The highest BCUT2D eigenvalue weighted by Crippen LogP contribution is 2.35. The van der Waals surface area contributed by atoms with E-state index < -0.39 is 0 Å². The van der Waals surface area contributed by atoms with E-state index in [1.54, 1.807) is 0 Å². The van der Waals surface area contributed by atoms with Crippen molar-refractivity contribution in [3.63, 3.8) is 0 Å². The Morgan fingerprint density at radius 2 is 1.40 bits per heavy atom. The van der Waals surface area contributed by atoms with Gasteiger partial charge in [-0.1, -0.05) is 97.1 Å². The SMILES string of the molecule is c1ccc(C2=NC(c3ccccc3)NC(c3ccc4c(c3)oc3ccc5ccccc5c34)=N2)cc1. The van der Waals surface area contributed by atoms with Crippen LogP contribution in [0.15, 0.2) is 130 Å². The zero-order chi connectivity index (χ0) is 23.2. The first-order chi connectivity index (χ1) is 17.3. The zero-order valence-electron chi connectivity index (χ0n) is 18.8. The molecule has 35 heavy (non-hydrogen) atoms.